The van der Waals surface area contributed by atoms with E-state index < -0.39 is 17.2 Å². The molecule has 2 fully saturated rings. The summed E-state index contributed by atoms with van der Waals surface area (Å²) in [5.74, 6) is -1.63. The quantitative estimate of drug-likeness (QED) is 0.357. The number of halogens is 3. The van der Waals surface area contributed by atoms with Crippen molar-refractivity contribution >= 4 is 46.3 Å². The SMILES string of the molecule is C[C@]1(O)CCC[C@@H](Nc2ncc3nc(Nc4c(F)cc(Cl)cc4F)n(C4CCC(C(N)=O)CC4)c3n2)C1. The Kier molecular flexibility index (Phi) is 6.93. The van der Waals surface area contributed by atoms with E-state index in [2.05, 4.69) is 20.6 Å². The zero-order chi connectivity index (χ0) is 26.3. The van der Waals surface area contributed by atoms with Gasteiger partial charge in [0.05, 0.1) is 11.8 Å². The van der Waals surface area contributed by atoms with Gasteiger partial charge in [-0.1, -0.05) is 11.6 Å². The van der Waals surface area contributed by atoms with Gasteiger partial charge in [-0.15, -0.1) is 0 Å². The molecular formula is C25H30ClF2N7O2. The minimum Gasteiger partial charge on any atom is -0.390 e. The first-order chi connectivity index (χ1) is 17.6. The highest BCUT2D eigenvalue weighted by Gasteiger charge is 2.32. The summed E-state index contributed by atoms with van der Waals surface area (Å²) in [7, 11) is 0. The molecule has 0 spiro atoms. The number of amides is 1. The Morgan fingerprint density at radius 2 is 1.89 bits per heavy atom. The molecule has 1 amide bonds. The predicted octanol–water partition coefficient (Wildman–Crippen LogP) is 4.82. The number of primary amides is 1. The van der Waals surface area contributed by atoms with Crippen molar-refractivity contribution in [2.24, 2.45) is 11.7 Å². The van der Waals surface area contributed by atoms with Crippen LogP contribution in [-0.2, 0) is 4.79 Å². The van der Waals surface area contributed by atoms with Gasteiger partial charge in [0.2, 0.25) is 17.8 Å². The highest BCUT2D eigenvalue weighted by Crippen LogP contribution is 2.38. The molecule has 5 N–H and O–H groups in total. The second kappa shape index (κ2) is 10.0. The number of anilines is 3. The third kappa shape index (κ3) is 5.47. The molecule has 9 nitrogen and oxygen atoms in total. The molecule has 0 radical (unpaired) electrons. The first-order valence-corrected chi connectivity index (χ1v) is 12.9. The standard InChI is InChI=1S/C25H30ClF2N7O2/c1-25(37)8-2-3-15(11-25)31-23-30-12-19-22(34-23)35(16-6-4-13(5-7-16)21(29)36)24(32-19)33-20-17(27)9-14(26)10-18(20)28/h9-10,12-13,15-16,37H,2-8,11H2,1H3,(H2,29,36)(H,32,33)(H,30,31,34)/t13?,15-,16?,25+/m1/s1. The van der Waals surface area contributed by atoms with E-state index in [1.807, 2.05) is 11.5 Å². The fourth-order valence-corrected chi connectivity index (χ4v) is 5.75. The number of aliphatic hydroxyl groups is 1. The van der Waals surface area contributed by atoms with E-state index in [0.717, 1.165) is 31.4 Å². The van der Waals surface area contributed by atoms with Gasteiger partial charge in [-0.2, -0.15) is 4.98 Å². The molecule has 2 aromatic heterocycles. The van der Waals surface area contributed by atoms with Gasteiger partial charge in [0.15, 0.2) is 17.3 Å². The predicted molar refractivity (Wildman–Crippen MR) is 137 cm³/mol. The number of carbonyl (C=O) groups excluding carboxylic acids is 1. The van der Waals surface area contributed by atoms with Crippen molar-refractivity contribution in [2.75, 3.05) is 10.6 Å². The third-order valence-corrected chi connectivity index (χ3v) is 7.65. The van der Waals surface area contributed by atoms with Crippen molar-refractivity contribution < 1.29 is 18.7 Å². The number of fused-ring (bicyclic) bond motifs is 1. The molecule has 198 valence electrons. The maximum atomic E-state index is 14.6. The highest BCUT2D eigenvalue weighted by atomic mass is 35.5. The monoisotopic (exact) mass is 533 g/mol. The van der Waals surface area contributed by atoms with Crippen LogP contribution < -0.4 is 16.4 Å². The van der Waals surface area contributed by atoms with Crippen LogP contribution in [0.15, 0.2) is 18.3 Å². The van der Waals surface area contributed by atoms with Crippen LogP contribution in [0.1, 0.15) is 64.3 Å². The molecule has 0 bridgehead atoms. The van der Waals surface area contributed by atoms with E-state index in [1.165, 1.54) is 0 Å². The number of nitrogens with zero attached hydrogens (tertiary/aromatic N) is 4. The summed E-state index contributed by atoms with van der Waals surface area (Å²) >= 11 is 5.79. The number of imidazole rings is 1. The normalized spacial score (nSPS) is 26.2. The highest BCUT2D eigenvalue weighted by molar-refractivity contribution is 6.30. The average molecular weight is 534 g/mol. The van der Waals surface area contributed by atoms with Gasteiger partial charge in [0.1, 0.15) is 11.2 Å². The summed E-state index contributed by atoms with van der Waals surface area (Å²) in [5.41, 5.74) is 5.35. The van der Waals surface area contributed by atoms with Crippen LogP contribution in [0, 0.1) is 17.6 Å². The number of benzene rings is 1. The molecule has 2 aliphatic rings. The van der Waals surface area contributed by atoms with Crippen LogP contribution >= 0.6 is 11.6 Å². The van der Waals surface area contributed by atoms with Gasteiger partial charge in [0, 0.05) is 23.0 Å². The minimum atomic E-state index is -0.848. The van der Waals surface area contributed by atoms with E-state index in [1.54, 1.807) is 6.20 Å². The van der Waals surface area contributed by atoms with Crippen molar-refractivity contribution in [3.8, 4) is 0 Å². The van der Waals surface area contributed by atoms with Gasteiger partial charge in [0.25, 0.3) is 0 Å². The first kappa shape index (κ1) is 25.6. The number of aromatic nitrogens is 4. The third-order valence-electron chi connectivity index (χ3n) is 7.43. The lowest BCUT2D eigenvalue weighted by Crippen LogP contribution is -2.38. The molecule has 5 rings (SSSR count). The van der Waals surface area contributed by atoms with Crippen molar-refractivity contribution in [1.29, 1.82) is 0 Å². The molecule has 12 heteroatoms. The number of rotatable bonds is 6. The average Bonchev–Trinajstić information content (AvgIpc) is 3.18. The van der Waals surface area contributed by atoms with Crippen molar-refractivity contribution in [2.45, 2.75) is 76.0 Å². The second-order valence-corrected chi connectivity index (χ2v) is 10.9. The molecule has 2 heterocycles. The Morgan fingerprint density at radius 1 is 1.19 bits per heavy atom. The van der Waals surface area contributed by atoms with Gasteiger partial charge in [-0.25, -0.2) is 18.7 Å². The van der Waals surface area contributed by atoms with Gasteiger partial charge < -0.3 is 21.5 Å². The molecule has 2 saturated carbocycles. The molecular weight excluding hydrogens is 504 g/mol. The molecule has 1 aromatic carbocycles. The lowest BCUT2D eigenvalue weighted by molar-refractivity contribution is -0.122. The summed E-state index contributed by atoms with van der Waals surface area (Å²) in [6.07, 6.45) is 7.10. The Hall–Kier alpha value is -3.05. The van der Waals surface area contributed by atoms with Crippen molar-refractivity contribution in [1.82, 2.24) is 19.5 Å². The fraction of sp³-hybridized carbons (Fsp3) is 0.520. The number of hydrogen-bond donors (Lipinski definition) is 4. The number of carbonyl (C=O) groups is 1. The maximum Gasteiger partial charge on any atom is 0.224 e. The van der Waals surface area contributed by atoms with Crippen LogP contribution in [0.3, 0.4) is 0 Å². The lowest BCUT2D eigenvalue weighted by Gasteiger charge is -2.34. The summed E-state index contributed by atoms with van der Waals surface area (Å²) in [6.45, 7) is 1.83. The Labute approximate surface area is 217 Å². The summed E-state index contributed by atoms with van der Waals surface area (Å²) in [5, 5.41) is 16.5. The zero-order valence-corrected chi connectivity index (χ0v) is 21.2. The molecule has 37 heavy (non-hydrogen) atoms. The minimum absolute atomic E-state index is 0.0124. The van der Waals surface area contributed by atoms with E-state index in [4.69, 9.17) is 22.3 Å². The van der Waals surface area contributed by atoms with Crippen LogP contribution in [0.5, 0.6) is 0 Å². The van der Waals surface area contributed by atoms with Gasteiger partial charge >= 0.3 is 0 Å². The van der Waals surface area contributed by atoms with Crippen molar-refractivity contribution in [3.63, 3.8) is 0 Å². The second-order valence-electron chi connectivity index (χ2n) is 10.4. The summed E-state index contributed by atoms with van der Waals surface area (Å²) in [6, 6.07) is 1.94. The van der Waals surface area contributed by atoms with Crippen LogP contribution in [0.2, 0.25) is 5.02 Å². The Bertz CT molecular complexity index is 1300. The van der Waals surface area contributed by atoms with Gasteiger partial charge in [-0.05, 0) is 70.4 Å². The summed E-state index contributed by atoms with van der Waals surface area (Å²) < 4.78 is 31.1. The maximum absolute atomic E-state index is 14.6. The molecule has 2 atom stereocenters. The number of hydrogen-bond acceptors (Lipinski definition) is 7. The van der Waals surface area contributed by atoms with Crippen LogP contribution in [-0.4, -0.2) is 42.2 Å². The van der Waals surface area contributed by atoms with E-state index in [0.29, 0.717) is 49.2 Å². The van der Waals surface area contributed by atoms with Crippen molar-refractivity contribution in [3.05, 3.63) is 35.0 Å². The number of nitrogens with one attached hydrogen (secondary N) is 2. The Balaban J connectivity index is 1.51. The molecule has 0 unspecified atom stereocenters. The topological polar surface area (TPSA) is 131 Å². The van der Waals surface area contributed by atoms with Crippen LogP contribution in [0.4, 0.5) is 26.4 Å². The fourth-order valence-electron chi connectivity index (χ4n) is 5.56. The molecule has 2 aliphatic carbocycles. The molecule has 0 aliphatic heterocycles. The smallest absolute Gasteiger partial charge is 0.224 e. The van der Waals surface area contributed by atoms with Gasteiger partial charge in [-0.3, -0.25) is 9.36 Å². The van der Waals surface area contributed by atoms with E-state index in [9.17, 15) is 18.7 Å². The molecule has 0 saturated heterocycles. The van der Waals surface area contributed by atoms with E-state index in [-0.39, 0.29) is 40.6 Å². The van der Waals surface area contributed by atoms with Crippen LogP contribution in [0.25, 0.3) is 11.2 Å². The number of nitrogens with two attached hydrogens (primary N) is 1. The largest absolute Gasteiger partial charge is 0.390 e. The zero-order valence-electron chi connectivity index (χ0n) is 20.5. The first-order valence-electron chi connectivity index (χ1n) is 12.5. The molecule has 3 aromatic rings. The van der Waals surface area contributed by atoms with E-state index >= 15 is 0 Å². The summed E-state index contributed by atoms with van der Waals surface area (Å²) in [4.78, 5) is 25.4. The lowest BCUT2D eigenvalue weighted by atomic mass is 9.83. The Morgan fingerprint density at radius 3 is 2.54 bits per heavy atom.